The Balaban J connectivity index is 2.26. The number of carboxylic acids is 1. The van der Waals surface area contributed by atoms with Gasteiger partial charge in [0.1, 0.15) is 12.1 Å². The van der Waals surface area contributed by atoms with Crippen LogP contribution in [0.4, 0.5) is 5.95 Å². The second kappa shape index (κ2) is 6.25. The van der Waals surface area contributed by atoms with Crippen molar-refractivity contribution in [1.82, 2.24) is 20.1 Å². The first-order valence-corrected chi connectivity index (χ1v) is 6.27. The highest BCUT2D eigenvalue weighted by molar-refractivity contribution is 5.76. The molecule has 20 heavy (non-hydrogen) atoms. The molecule has 0 saturated heterocycles. The summed E-state index contributed by atoms with van der Waals surface area (Å²) in [6.07, 6.45) is 0. The van der Waals surface area contributed by atoms with Gasteiger partial charge in [-0.25, -0.2) is 4.98 Å². The van der Waals surface area contributed by atoms with Gasteiger partial charge in [0.25, 0.3) is 0 Å². The van der Waals surface area contributed by atoms with E-state index in [4.69, 9.17) is 5.11 Å². The van der Waals surface area contributed by atoms with E-state index in [1.165, 1.54) is 0 Å². The number of para-hydroxylation sites is 1. The lowest BCUT2D eigenvalue weighted by Gasteiger charge is -2.22. The molecule has 0 spiro atoms. The highest BCUT2D eigenvalue weighted by Gasteiger charge is 2.14. The molecule has 0 saturated carbocycles. The van der Waals surface area contributed by atoms with E-state index in [0.29, 0.717) is 30.1 Å². The SMILES string of the molecule is CN(C)CCN(CC(=O)O)c1nnc2ccccc2n1. The van der Waals surface area contributed by atoms with E-state index in [1.807, 2.05) is 43.3 Å². The van der Waals surface area contributed by atoms with Gasteiger partial charge in [-0.3, -0.25) is 4.79 Å². The molecule has 1 aromatic carbocycles. The molecule has 2 aromatic rings. The summed E-state index contributed by atoms with van der Waals surface area (Å²) in [6, 6.07) is 7.38. The van der Waals surface area contributed by atoms with Crippen LogP contribution >= 0.6 is 0 Å². The summed E-state index contributed by atoms with van der Waals surface area (Å²) in [6.45, 7) is 1.09. The van der Waals surface area contributed by atoms with Crippen molar-refractivity contribution in [2.45, 2.75) is 0 Å². The Morgan fingerprint density at radius 2 is 1.85 bits per heavy atom. The Labute approximate surface area is 116 Å². The number of fused-ring (bicyclic) bond motifs is 1. The number of hydrogen-bond acceptors (Lipinski definition) is 6. The number of carboxylic acid groups (broad SMARTS) is 1. The molecule has 7 nitrogen and oxygen atoms in total. The zero-order valence-corrected chi connectivity index (χ0v) is 11.5. The maximum Gasteiger partial charge on any atom is 0.323 e. The molecule has 0 fully saturated rings. The molecule has 0 radical (unpaired) electrons. The molecular weight excluding hydrogens is 258 g/mol. The molecule has 0 amide bonds. The Hall–Kier alpha value is -2.28. The summed E-state index contributed by atoms with van der Waals surface area (Å²) >= 11 is 0. The van der Waals surface area contributed by atoms with E-state index in [2.05, 4.69) is 15.2 Å². The zero-order valence-electron chi connectivity index (χ0n) is 11.5. The number of likely N-dealkylation sites (N-methyl/N-ethyl adjacent to an activating group) is 1. The molecule has 0 unspecified atom stereocenters. The monoisotopic (exact) mass is 275 g/mol. The molecule has 7 heteroatoms. The quantitative estimate of drug-likeness (QED) is 0.820. The number of carbonyl (C=O) groups is 1. The summed E-state index contributed by atoms with van der Waals surface area (Å²) in [5.41, 5.74) is 1.40. The normalized spacial score (nSPS) is 10.9. The molecule has 0 aliphatic heterocycles. The Kier molecular flexibility index (Phi) is 4.41. The average molecular weight is 275 g/mol. The van der Waals surface area contributed by atoms with Gasteiger partial charge in [-0.05, 0) is 26.2 Å². The Bertz CT molecular complexity index is 602. The van der Waals surface area contributed by atoms with Gasteiger partial charge in [0.2, 0.25) is 5.95 Å². The second-order valence-corrected chi connectivity index (χ2v) is 4.72. The van der Waals surface area contributed by atoms with Crippen LogP contribution in [0, 0.1) is 0 Å². The standard InChI is InChI=1S/C13H17N5O2/c1-17(2)7-8-18(9-12(19)20)13-14-10-5-3-4-6-11(10)15-16-13/h3-6H,7-9H2,1-2H3,(H,19,20). The lowest BCUT2D eigenvalue weighted by molar-refractivity contribution is -0.135. The van der Waals surface area contributed by atoms with Gasteiger partial charge >= 0.3 is 5.97 Å². The Morgan fingerprint density at radius 1 is 1.15 bits per heavy atom. The largest absolute Gasteiger partial charge is 0.480 e. The first-order valence-electron chi connectivity index (χ1n) is 6.27. The number of aliphatic carboxylic acids is 1. The van der Waals surface area contributed by atoms with Gasteiger partial charge in [0.05, 0.1) is 5.52 Å². The molecule has 0 aliphatic rings. The van der Waals surface area contributed by atoms with Crippen molar-refractivity contribution >= 4 is 23.0 Å². The summed E-state index contributed by atoms with van der Waals surface area (Å²) in [4.78, 5) is 18.9. The smallest absolute Gasteiger partial charge is 0.323 e. The van der Waals surface area contributed by atoms with Gasteiger partial charge in [0.15, 0.2) is 0 Å². The maximum absolute atomic E-state index is 11.0. The van der Waals surface area contributed by atoms with E-state index in [9.17, 15) is 4.79 Å². The topological polar surface area (TPSA) is 82.5 Å². The summed E-state index contributed by atoms with van der Waals surface area (Å²) in [5.74, 6) is -0.575. The predicted octanol–water partition coefficient (Wildman–Crippen LogP) is 0.477. The minimum Gasteiger partial charge on any atom is -0.480 e. The molecule has 1 N–H and O–H groups in total. The minimum atomic E-state index is -0.916. The van der Waals surface area contributed by atoms with Crippen molar-refractivity contribution in [3.05, 3.63) is 24.3 Å². The van der Waals surface area contributed by atoms with Crippen LogP contribution < -0.4 is 4.90 Å². The van der Waals surface area contributed by atoms with Crippen molar-refractivity contribution < 1.29 is 9.90 Å². The van der Waals surface area contributed by atoms with Crippen molar-refractivity contribution in [2.75, 3.05) is 38.6 Å². The van der Waals surface area contributed by atoms with Crippen LogP contribution in [0.15, 0.2) is 24.3 Å². The van der Waals surface area contributed by atoms with Gasteiger partial charge < -0.3 is 14.9 Å². The van der Waals surface area contributed by atoms with E-state index >= 15 is 0 Å². The van der Waals surface area contributed by atoms with Crippen LogP contribution in [0.2, 0.25) is 0 Å². The number of rotatable bonds is 6. The lowest BCUT2D eigenvalue weighted by atomic mass is 10.3. The number of benzene rings is 1. The van der Waals surface area contributed by atoms with E-state index in [0.717, 1.165) is 0 Å². The third kappa shape index (κ3) is 3.61. The third-order valence-electron chi connectivity index (χ3n) is 2.78. The van der Waals surface area contributed by atoms with Crippen molar-refractivity contribution in [3.63, 3.8) is 0 Å². The van der Waals surface area contributed by atoms with E-state index in [-0.39, 0.29) is 6.54 Å². The van der Waals surface area contributed by atoms with Gasteiger partial charge in [-0.1, -0.05) is 12.1 Å². The fraction of sp³-hybridized carbons (Fsp3) is 0.385. The fourth-order valence-electron chi connectivity index (χ4n) is 1.74. The van der Waals surface area contributed by atoms with Crippen molar-refractivity contribution in [3.8, 4) is 0 Å². The summed E-state index contributed by atoms with van der Waals surface area (Å²) in [5, 5.41) is 17.1. The number of anilines is 1. The Morgan fingerprint density at radius 3 is 2.50 bits per heavy atom. The average Bonchev–Trinajstić information content (AvgIpc) is 2.42. The van der Waals surface area contributed by atoms with E-state index < -0.39 is 5.97 Å². The minimum absolute atomic E-state index is 0.145. The van der Waals surface area contributed by atoms with Gasteiger partial charge in [0, 0.05) is 13.1 Å². The van der Waals surface area contributed by atoms with Gasteiger partial charge in [-0.2, -0.15) is 0 Å². The number of aromatic nitrogens is 3. The zero-order chi connectivity index (χ0) is 14.5. The molecular formula is C13H17N5O2. The summed E-state index contributed by atoms with van der Waals surface area (Å²) in [7, 11) is 3.86. The molecule has 0 atom stereocenters. The van der Waals surface area contributed by atoms with Crippen LogP contribution in [0.3, 0.4) is 0 Å². The second-order valence-electron chi connectivity index (χ2n) is 4.72. The van der Waals surface area contributed by atoms with Crippen molar-refractivity contribution in [1.29, 1.82) is 0 Å². The lowest BCUT2D eigenvalue weighted by Crippen LogP contribution is -2.36. The summed E-state index contributed by atoms with van der Waals surface area (Å²) < 4.78 is 0. The molecule has 0 aliphatic carbocycles. The van der Waals surface area contributed by atoms with Crippen LogP contribution in [0.5, 0.6) is 0 Å². The highest BCUT2D eigenvalue weighted by Crippen LogP contribution is 2.12. The van der Waals surface area contributed by atoms with Crippen LogP contribution in [-0.4, -0.2) is 64.9 Å². The fourth-order valence-corrected chi connectivity index (χ4v) is 1.74. The molecule has 2 rings (SSSR count). The molecule has 106 valence electrons. The molecule has 1 heterocycles. The number of nitrogens with zero attached hydrogens (tertiary/aromatic N) is 5. The maximum atomic E-state index is 11.0. The van der Waals surface area contributed by atoms with Gasteiger partial charge in [-0.15, -0.1) is 10.2 Å². The van der Waals surface area contributed by atoms with Crippen LogP contribution in [-0.2, 0) is 4.79 Å². The van der Waals surface area contributed by atoms with Crippen LogP contribution in [0.25, 0.3) is 11.0 Å². The molecule has 0 bridgehead atoms. The van der Waals surface area contributed by atoms with E-state index in [1.54, 1.807) is 4.90 Å². The first-order chi connectivity index (χ1) is 9.56. The highest BCUT2D eigenvalue weighted by atomic mass is 16.4. The first kappa shape index (κ1) is 14.1. The van der Waals surface area contributed by atoms with Crippen molar-refractivity contribution in [2.24, 2.45) is 0 Å². The number of hydrogen-bond donors (Lipinski definition) is 1. The van der Waals surface area contributed by atoms with Crippen LogP contribution in [0.1, 0.15) is 0 Å². The predicted molar refractivity (Wildman–Crippen MR) is 75.7 cm³/mol. The third-order valence-corrected chi connectivity index (χ3v) is 2.78. The molecule has 1 aromatic heterocycles.